The number of rotatable bonds is 5. The van der Waals surface area contributed by atoms with E-state index >= 15 is 0 Å². The lowest BCUT2D eigenvalue weighted by molar-refractivity contribution is 0.0593. The molecule has 5 heteroatoms. The van der Waals surface area contributed by atoms with Crippen molar-refractivity contribution in [3.05, 3.63) is 47.9 Å². The largest absolute Gasteiger partial charge is 0.464 e. The molecule has 0 radical (unpaired) electrons. The molecule has 1 N–H and O–H groups in total. The topological polar surface area (TPSA) is 64.1 Å². The molecule has 0 aliphatic rings. The number of esters is 1. The Morgan fingerprint density at radius 3 is 2.85 bits per heavy atom. The van der Waals surface area contributed by atoms with Crippen molar-refractivity contribution in [2.75, 3.05) is 12.4 Å². The van der Waals surface area contributed by atoms with Gasteiger partial charge >= 0.3 is 5.97 Å². The molecule has 2 rings (SSSR count). The number of anilines is 2. The summed E-state index contributed by atoms with van der Waals surface area (Å²) in [5.41, 5.74) is 2.37. The number of nitrogens with one attached hydrogen (secondary N) is 1. The van der Waals surface area contributed by atoms with E-state index in [4.69, 9.17) is 0 Å². The summed E-state index contributed by atoms with van der Waals surface area (Å²) >= 11 is 0. The van der Waals surface area contributed by atoms with Gasteiger partial charge in [-0.2, -0.15) is 0 Å². The quantitative estimate of drug-likeness (QED) is 0.847. The van der Waals surface area contributed by atoms with Crippen molar-refractivity contribution in [2.24, 2.45) is 0 Å². The second-order valence-electron chi connectivity index (χ2n) is 4.31. The Hall–Kier alpha value is -2.43. The fourth-order valence-electron chi connectivity index (χ4n) is 1.90. The monoisotopic (exact) mass is 271 g/mol. The maximum atomic E-state index is 11.4. The Kier molecular flexibility index (Phi) is 4.65. The predicted molar refractivity (Wildman–Crippen MR) is 77.1 cm³/mol. The van der Waals surface area contributed by atoms with Crippen LogP contribution < -0.4 is 5.32 Å². The summed E-state index contributed by atoms with van der Waals surface area (Å²) in [5.74, 6) is 0.0273. The zero-order chi connectivity index (χ0) is 14.4. The summed E-state index contributed by atoms with van der Waals surface area (Å²) in [7, 11) is 1.32. The molecule has 0 bridgehead atoms. The van der Waals surface area contributed by atoms with Crippen LogP contribution in [0.3, 0.4) is 0 Å². The summed E-state index contributed by atoms with van der Waals surface area (Å²) in [6.45, 7) is 2.13. The summed E-state index contributed by atoms with van der Waals surface area (Å²) in [4.78, 5) is 19.6. The van der Waals surface area contributed by atoms with Crippen LogP contribution in [0.5, 0.6) is 0 Å². The third-order valence-corrected chi connectivity index (χ3v) is 2.83. The Bertz CT molecular complexity index is 599. The number of carbonyl (C=O) groups is 1. The van der Waals surface area contributed by atoms with Gasteiger partial charge in [-0.25, -0.2) is 9.78 Å². The number of para-hydroxylation sites is 1. The zero-order valence-electron chi connectivity index (χ0n) is 11.6. The van der Waals surface area contributed by atoms with Gasteiger partial charge in [0.15, 0.2) is 5.69 Å². The number of benzene rings is 1. The molecule has 20 heavy (non-hydrogen) atoms. The second-order valence-corrected chi connectivity index (χ2v) is 4.31. The van der Waals surface area contributed by atoms with E-state index < -0.39 is 5.97 Å². The van der Waals surface area contributed by atoms with Crippen LogP contribution in [0.2, 0.25) is 0 Å². The summed E-state index contributed by atoms with van der Waals surface area (Å²) in [5, 5.41) is 3.20. The number of aryl methyl sites for hydroxylation is 1. The highest BCUT2D eigenvalue weighted by Gasteiger charge is 2.09. The summed E-state index contributed by atoms with van der Waals surface area (Å²) < 4.78 is 4.63. The Morgan fingerprint density at radius 2 is 2.10 bits per heavy atom. The molecule has 0 saturated carbocycles. The van der Waals surface area contributed by atoms with E-state index in [2.05, 4.69) is 33.0 Å². The highest BCUT2D eigenvalue weighted by Crippen LogP contribution is 2.20. The number of ether oxygens (including phenoxy) is 1. The van der Waals surface area contributed by atoms with Crippen molar-refractivity contribution in [3.63, 3.8) is 0 Å². The SMILES string of the molecule is CCCc1ccccc1Nc1cncc(C(=O)OC)n1. The average Bonchev–Trinajstić information content (AvgIpc) is 2.49. The molecular weight excluding hydrogens is 254 g/mol. The molecule has 0 unspecified atom stereocenters. The summed E-state index contributed by atoms with van der Waals surface area (Å²) in [6, 6.07) is 8.02. The van der Waals surface area contributed by atoms with Crippen LogP contribution in [0.1, 0.15) is 29.4 Å². The van der Waals surface area contributed by atoms with Crippen LogP contribution in [0.4, 0.5) is 11.5 Å². The lowest BCUT2D eigenvalue weighted by Gasteiger charge is -2.11. The minimum Gasteiger partial charge on any atom is -0.464 e. The van der Waals surface area contributed by atoms with Crippen LogP contribution in [0, 0.1) is 0 Å². The number of aromatic nitrogens is 2. The van der Waals surface area contributed by atoms with Crippen molar-refractivity contribution < 1.29 is 9.53 Å². The van der Waals surface area contributed by atoms with Gasteiger partial charge in [0.05, 0.1) is 19.5 Å². The maximum absolute atomic E-state index is 11.4. The van der Waals surface area contributed by atoms with E-state index in [1.165, 1.54) is 18.9 Å². The lowest BCUT2D eigenvalue weighted by Crippen LogP contribution is -2.07. The maximum Gasteiger partial charge on any atom is 0.358 e. The van der Waals surface area contributed by atoms with E-state index in [0.717, 1.165) is 18.5 Å². The van der Waals surface area contributed by atoms with E-state index in [0.29, 0.717) is 5.82 Å². The van der Waals surface area contributed by atoms with E-state index in [-0.39, 0.29) is 5.69 Å². The highest BCUT2D eigenvalue weighted by atomic mass is 16.5. The first kappa shape index (κ1) is 14.0. The van der Waals surface area contributed by atoms with Gasteiger partial charge in [-0.15, -0.1) is 0 Å². The van der Waals surface area contributed by atoms with E-state index in [1.807, 2.05) is 18.2 Å². The van der Waals surface area contributed by atoms with E-state index in [9.17, 15) is 4.79 Å². The van der Waals surface area contributed by atoms with Crippen LogP contribution in [0.15, 0.2) is 36.7 Å². The van der Waals surface area contributed by atoms with Crippen LogP contribution in [-0.4, -0.2) is 23.0 Å². The van der Waals surface area contributed by atoms with Gasteiger partial charge in [0.2, 0.25) is 0 Å². The number of hydrogen-bond donors (Lipinski definition) is 1. The average molecular weight is 271 g/mol. The van der Waals surface area contributed by atoms with Gasteiger partial charge in [-0.05, 0) is 18.1 Å². The lowest BCUT2D eigenvalue weighted by atomic mass is 10.1. The predicted octanol–water partition coefficient (Wildman–Crippen LogP) is 2.96. The minimum atomic E-state index is -0.497. The second kappa shape index (κ2) is 6.65. The van der Waals surface area contributed by atoms with Crippen molar-refractivity contribution in [1.29, 1.82) is 0 Å². The summed E-state index contributed by atoms with van der Waals surface area (Å²) in [6.07, 6.45) is 5.00. The molecule has 5 nitrogen and oxygen atoms in total. The van der Waals surface area contributed by atoms with Crippen molar-refractivity contribution >= 4 is 17.5 Å². The van der Waals surface area contributed by atoms with E-state index in [1.54, 1.807) is 6.20 Å². The molecule has 0 amide bonds. The van der Waals surface area contributed by atoms with Gasteiger partial charge in [0.1, 0.15) is 5.82 Å². The van der Waals surface area contributed by atoms with Gasteiger partial charge < -0.3 is 10.1 Å². The molecule has 0 aliphatic carbocycles. The van der Waals surface area contributed by atoms with Gasteiger partial charge in [-0.3, -0.25) is 4.98 Å². The number of carbonyl (C=O) groups excluding carboxylic acids is 1. The number of methoxy groups -OCH3 is 1. The molecule has 1 aromatic carbocycles. The zero-order valence-corrected chi connectivity index (χ0v) is 11.6. The van der Waals surface area contributed by atoms with Crippen LogP contribution in [0.25, 0.3) is 0 Å². The first-order chi connectivity index (χ1) is 9.74. The molecule has 1 aromatic heterocycles. The molecular formula is C15H17N3O2. The molecule has 2 aromatic rings. The van der Waals surface area contributed by atoms with Crippen molar-refractivity contribution in [2.45, 2.75) is 19.8 Å². The third kappa shape index (κ3) is 3.32. The third-order valence-electron chi connectivity index (χ3n) is 2.83. The highest BCUT2D eigenvalue weighted by molar-refractivity contribution is 5.87. The van der Waals surface area contributed by atoms with Gasteiger partial charge in [-0.1, -0.05) is 31.5 Å². The first-order valence-electron chi connectivity index (χ1n) is 6.50. The molecule has 0 aliphatic heterocycles. The minimum absolute atomic E-state index is 0.186. The fraction of sp³-hybridized carbons (Fsp3) is 0.267. The fourth-order valence-corrected chi connectivity index (χ4v) is 1.90. The Labute approximate surface area is 118 Å². The first-order valence-corrected chi connectivity index (χ1v) is 6.50. The van der Waals surface area contributed by atoms with Gasteiger partial charge in [0, 0.05) is 5.69 Å². The van der Waals surface area contributed by atoms with Crippen LogP contribution >= 0.6 is 0 Å². The van der Waals surface area contributed by atoms with Gasteiger partial charge in [0.25, 0.3) is 0 Å². The van der Waals surface area contributed by atoms with Crippen molar-refractivity contribution in [1.82, 2.24) is 9.97 Å². The number of hydrogen-bond acceptors (Lipinski definition) is 5. The molecule has 104 valence electrons. The normalized spacial score (nSPS) is 10.1. The molecule has 1 heterocycles. The molecule has 0 saturated heterocycles. The standard InChI is InChI=1S/C15H17N3O2/c1-3-6-11-7-4-5-8-12(11)17-14-10-16-9-13(18-14)15(19)20-2/h4-5,7-10H,3,6H2,1-2H3,(H,17,18). The molecule has 0 spiro atoms. The van der Waals surface area contributed by atoms with Crippen molar-refractivity contribution in [3.8, 4) is 0 Å². The number of nitrogens with zero attached hydrogens (tertiary/aromatic N) is 2. The molecule has 0 fully saturated rings. The smallest absolute Gasteiger partial charge is 0.358 e. The molecule has 0 atom stereocenters. The Balaban J connectivity index is 2.24. The Morgan fingerprint density at radius 1 is 1.30 bits per heavy atom. The van der Waals surface area contributed by atoms with Crippen LogP contribution in [-0.2, 0) is 11.2 Å².